The Balaban J connectivity index is 1.79. The highest BCUT2D eigenvalue weighted by atomic mass is 32.2. The monoisotopic (exact) mass is 355 g/mol. The lowest BCUT2D eigenvalue weighted by molar-refractivity contribution is -0.274. The Morgan fingerprint density at radius 1 is 1.04 bits per heavy atom. The molecule has 125 valence electrons. The molecule has 0 saturated carbocycles. The van der Waals surface area contributed by atoms with Crippen LogP contribution in [0.4, 0.5) is 24.5 Å². The topological polar surface area (TPSA) is 69.5 Å². The third-order valence-corrected chi connectivity index (χ3v) is 4.51. The number of nitrogens with zero attached hydrogens (tertiary/aromatic N) is 1. The molecule has 0 unspecified atom stereocenters. The van der Waals surface area contributed by atoms with E-state index in [0.29, 0.717) is 5.69 Å². The number of hydrogen-bond acceptors (Lipinski definition) is 3. The smallest absolute Gasteiger partial charge is 0.406 e. The highest BCUT2D eigenvalue weighted by Crippen LogP contribution is 2.28. The predicted octanol–water partition coefficient (Wildman–Crippen LogP) is 3.61. The molecule has 0 fully saturated rings. The minimum Gasteiger partial charge on any atom is -0.406 e. The van der Waals surface area contributed by atoms with Gasteiger partial charge in [0.05, 0.1) is 10.6 Å². The summed E-state index contributed by atoms with van der Waals surface area (Å²) < 4.78 is 67.0. The van der Waals surface area contributed by atoms with Gasteiger partial charge in [-0.2, -0.15) is 0 Å². The van der Waals surface area contributed by atoms with Crippen LogP contribution in [0.3, 0.4) is 0 Å². The van der Waals surface area contributed by atoms with Gasteiger partial charge in [-0.25, -0.2) is 8.42 Å². The van der Waals surface area contributed by atoms with Crippen LogP contribution in [0.2, 0.25) is 0 Å². The van der Waals surface area contributed by atoms with Gasteiger partial charge in [-0.3, -0.25) is 10.0 Å². The second-order valence-corrected chi connectivity index (χ2v) is 6.53. The van der Waals surface area contributed by atoms with Crippen LogP contribution in [0.15, 0.2) is 53.6 Å². The van der Waals surface area contributed by atoms with E-state index in [1.165, 1.54) is 0 Å². The molecule has 1 radical (unpaired) electrons. The number of anilines is 1. The van der Waals surface area contributed by atoms with Crippen molar-refractivity contribution >= 4 is 27.5 Å². The standard InChI is InChI=1S/C15H10F3N2O3S/c16-15(17,18)23-12-2-4-13(5-3-12)24(21,22)20-11-1-6-14-10(9-11)7-8-19-14/h1-9,20H. The molecule has 1 N–H and O–H groups in total. The van der Waals surface area contributed by atoms with Crippen LogP contribution in [0.25, 0.3) is 6.08 Å². The van der Waals surface area contributed by atoms with Gasteiger partial charge in [-0.1, -0.05) is 0 Å². The van der Waals surface area contributed by atoms with Crippen molar-refractivity contribution in [2.45, 2.75) is 11.3 Å². The van der Waals surface area contributed by atoms with Gasteiger partial charge >= 0.3 is 6.36 Å². The minimum atomic E-state index is -4.83. The molecule has 9 heteroatoms. The number of sulfonamides is 1. The van der Waals surface area contributed by atoms with Crippen molar-refractivity contribution in [2.24, 2.45) is 0 Å². The zero-order valence-corrected chi connectivity index (χ0v) is 12.7. The number of benzene rings is 2. The Hall–Kier alpha value is -2.68. The maximum atomic E-state index is 12.3. The maximum Gasteiger partial charge on any atom is 0.573 e. The normalized spacial score (nSPS) is 13.3. The number of ether oxygens (including phenoxy) is 1. The van der Waals surface area contributed by atoms with E-state index in [2.05, 4.69) is 14.8 Å². The van der Waals surface area contributed by atoms with Crippen molar-refractivity contribution in [3.8, 4) is 5.75 Å². The van der Waals surface area contributed by atoms with E-state index in [1.54, 1.807) is 30.5 Å². The molecule has 1 aliphatic heterocycles. The third kappa shape index (κ3) is 3.62. The predicted molar refractivity (Wildman–Crippen MR) is 81.2 cm³/mol. The SMILES string of the molecule is O=S(=O)(Nc1ccc2c(c1)C=C[N]2)c1ccc(OC(F)(F)F)cc1. The van der Waals surface area contributed by atoms with Crippen molar-refractivity contribution in [1.29, 1.82) is 0 Å². The molecule has 0 bridgehead atoms. The van der Waals surface area contributed by atoms with Crippen LogP contribution < -0.4 is 14.8 Å². The van der Waals surface area contributed by atoms with Gasteiger partial charge in [0, 0.05) is 17.5 Å². The van der Waals surface area contributed by atoms with E-state index >= 15 is 0 Å². The summed E-state index contributed by atoms with van der Waals surface area (Å²) in [5, 5.41) is 4.07. The van der Waals surface area contributed by atoms with Crippen LogP contribution in [0.5, 0.6) is 5.75 Å². The van der Waals surface area contributed by atoms with Gasteiger partial charge in [-0.15, -0.1) is 13.2 Å². The Morgan fingerprint density at radius 2 is 1.75 bits per heavy atom. The van der Waals surface area contributed by atoms with Crippen molar-refractivity contribution in [3.63, 3.8) is 0 Å². The summed E-state index contributed by atoms with van der Waals surface area (Å²) in [7, 11) is -3.93. The molecular weight excluding hydrogens is 345 g/mol. The molecule has 0 saturated heterocycles. The quantitative estimate of drug-likeness (QED) is 0.911. The van der Waals surface area contributed by atoms with Gasteiger partial charge in [0.25, 0.3) is 10.0 Å². The molecule has 3 rings (SSSR count). The van der Waals surface area contributed by atoms with Gasteiger partial charge in [0.1, 0.15) is 5.75 Å². The van der Waals surface area contributed by atoms with Crippen LogP contribution >= 0.6 is 0 Å². The zero-order valence-electron chi connectivity index (χ0n) is 11.9. The maximum absolute atomic E-state index is 12.3. The fourth-order valence-corrected chi connectivity index (χ4v) is 3.15. The van der Waals surface area contributed by atoms with E-state index < -0.39 is 22.1 Å². The fraction of sp³-hybridized carbons (Fsp3) is 0.0667. The first kappa shape index (κ1) is 16.2. The van der Waals surface area contributed by atoms with Gasteiger partial charge < -0.3 is 4.74 Å². The first-order valence-electron chi connectivity index (χ1n) is 6.63. The summed E-state index contributed by atoms with van der Waals surface area (Å²) in [4.78, 5) is -0.183. The first-order valence-corrected chi connectivity index (χ1v) is 8.11. The number of rotatable bonds is 4. The molecule has 1 aliphatic rings. The summed E-state index contributed by atoms with van der Waals surface area (Å²) in [6.07, 6.45) is -1.50. The number of alkyl halides is 3. The highest BCUT2D eigenvalue weighted by Gasteiger charge is 2.31. The van der Waals surface area contributed by atoms with Gasteiger partial charge in [-0.05, 0) is 48.5 Å². The summed E-state index contributed by atoms with van der Waals surface area (Å²) in [6.45, 7) is 0. The summed E-state index contributed by atoms with van der Waals surface area (Å²) in [5.74, 6) is -0.495. The van der Waals surface area contributed by atoms with Crippen molar-refractivity contribution in [3.05, 3.63) is 54.2 Å². The Bertz CT molecular complexity index is 891. The van der Waals surface area contributed by atoms with E-state index in [9.17, 15) is 21.6 Å². The molecule has 2 aromatic carbocycles. The second-order valence-electron chi connectivity index (χ2n) is 4.84. The molecule has 0 amide bonds. The molecule has 24 heavy (non-hydrogen) atoms. The lowest BCUT2D eigenvalue weighted by atomic mass is 10.2. The average Bonchev–Trinajstić information content (AvgIpc) is 2.93. The van der Waals surface area contributed by atoms with E-state index in [1.807, 2.05) is 0 Å². The average molecular weight is 355 g/mol. The molecule has 0 aromatic heterocycles. The number of nitrogens with one attached hydrogen (secondary N) is 1. The first-order chi connectivity index (χ1) is 11.2. The lowest BCUT2D eigenvalue weighted by Crippen LogP contribution is -2.17. The van der Waals surface area contributed by atoms with Crippen molar-refractivity contribution < 1.29 is 26.3 Å². The summed E-state index contributed by atoms with van der Waals surface area (Å²) in [5.41, 5.74) is 1.82. The fourth-order valence-electron chi connectivity index (χ4n) is 2.10. The molecule has 0 spiro atoms. The number of fused-ring (bicyclic) bond motifs is 1. The molecule has 5 nitrogen and oxygen atoms in total. The van der Waals surface area contributed by atoms with Crippen molar-refractivity contribution in [2.75, 3.05) is 4.72 Å². The Morgan fingerprint density at radius 3 is 2.42 bits per heavy atom. The third-order valence-electron chi connectivity index (χ3n) is 3.12. The van der Waals surface area contributed by atoms with Crippen molar-refractivity contribution in [1.82, 2.24) is 5.32 Å². The molecular formula is C15H10F3N2O3S. The van der Waals surface area contributed by atoms with E-state index in [-0.39, 0.29) is 4.90 Å². The van der Waals surface area contributed by atoms with E-state index in [4.69, 9.17) is 0 Å². The van der Waals surface area contributed by atoms with Crippen LogP contribution in [0, 0.1) is 0 Å². The zero-order chi connectivity index (χ0) is 17.4. The van der Waals surface area contributed by atoms with Gasteiger partial charge in [0.2, 0.25) is 0 Å². The number of halogens is 3. The van der Waals surface area contributed by atoms with Crippen LogP contribution in [-0.4, -0.2) is 14.8 Å². The van der Waals surface area contributed by atoms with E-state index in [0.717, 1.165) is 35.5 Å². The minimum absolute atomic E-state index is 0.183. The largest absolute Gasteiger partial charge is 0.573 e. The highest BCUT2D eigenvalue weighted by molar-refractivity contribution is 7.92. The Labute approximate surface area is 135 Å². The Kier molecular flexibility index (Phi) is 3.88. The van der Waals surface area contributed by atoms with Gasteiger partial charge in [0.15, 0.2) is 0 Å². The molecule has 0 atom stereocenters. The number of hydrogen-bond donors (Lipinski definition) is 1. The molecule has 1 heterocycles. The van der Waals surface area contributed by atoms with Crippen LogP contribution in [0.1, 0.15) is 5.56 Å². The van der Waals surface area contributed by atoms with Crippen LogP contribution in [-0.2, 0) is 10.0 Å². The summed E-state index contributed by atoms with van der Waals surface area (Å²) in [6, 6.07) is 8.76. The lowest BCUT2D eigenvalue weighted by Gasteiger charge is -2.11. The second kappa shape index (κ2) is 5.75. The summed E-state index contributed by atoms with van der Waals surface area (Å²) >= 11 is 0. The molecule has 0 aliphatic carbocycles. The molecule has 2 aromatic rings.